The van der Waals surface area contributed by atoms with Crippen LogP contribution in [0.15, 0.2) is 0 Å². The fourth-order valence-corrected chi connectivity index (χ4v) is 3.26. The maximum Gasteiger partial charge on any atom is 0.306 e. The second-order valence-electron chi connectivity index (χ2n) is 5.12. The van der Waals surface area contributed by atoms with Crippen molar-refractivity contribution in [3.8, 4) is 0 Å². The summed E-state index contributed by atoms with van der Waals surface area (Å²) >= 11 is 1.98. The predicted octanol–water partition coefficient (Wildman–Crippen LogP) is 2.45. The topological polar surface area (TPSA) is 38.3 Å². The number of hydrogen-bond acceptors (Lipinski definition) is 4. The molecule has 17 heavy (non-hydrogen) atoms. The molecule has 100 valence electrons. The first-order valence-electron chi connectivity index (χ1n) is 6.45. The number of nitrogens with one attached hydrogen (secondary N) is 1. The normalized spacial score (nSPS) is 20.7. The van der Waals surface area contributed by atoms with Gasteiger partial charge < -0.3 is 10.1 Å². The lowest BCUT2D eigenvalue weighted by Crippen LogP contribution is -2.34. The quantitative estimate of drug-likeness (QED) is 0.680. The van der Waals surface area contributed by atoms with Gasteiger partial charge in [-0.15, -0.1) is 0 Å². The Morgan fingerprint density at radius 3 is 2.59 bits per heavy atom. The number of methoxy groups -OCH3 is 1. The van der Waals surface area contributed by atoms with Crippen LogP contribution in [-0.2, 0) is 9.53 Å². The van der Waals surface area contributed by atoms with E-state index in [0.29, 0.717) is 17.7 Å². The molecule has 0 aromatic rings. The van der Waals surface area contributed by atoms with E-state index in [1.54, 1.807) is 0 Å². The Morgan fingerprint density at radius 2 is 2.12 bits per heavy atom. The van der Waals surface area contributed by atoms with Crippen molar-refractivity contribution in [3.05, 3.63) is 0 Å². The molecule has 0 radical (unpaired) electrons. The minimum Gasteiger partial charge on any atom is -0.469 e. The van der Waals surface area contributed by atoms with Gasteiger partial charge >= 0.3 is 5.97 Å². The molecular formula is C13H25NO2S. The molecule has 1 fully saturated rings. The highest BCUT2D eigenvalue weighted by molar-refractivity contribution is 7.99. The third-order valence-corrected chi connectivity index (χ3v) is 5.30. The summed E-state index contributed by atoms with van der Waals surface area (Å²) in [6, 6.07) is 0.527. The summed E-state index contributed by atoms with van der Waals surface area (Å²) in [6.07, 6.45) is 2.95. The SMILES string of the molecule is CCNC(C)C(C)SCC1(CC(=O)OC)CC1. The van der Waals surface area contributed by atoms with Crippen LogP contribution in [0.25, 0.3) is 0 Å². The Morgan fingerprint density at radius 1 is 1.47 bits per heavy atom. The van der Waals surface area contributed by atoms with E-state index in [-0.39, 0.29) is 11.4 Å². The first-order chi connectivity index (χ1) is 8.03. The molecule has 0 spiro atoms. The first-order valence-corrected chi connectivity index (χ1v) is 7.49. The minimum atomic E-state index is -0.0597. The molecule has 0 aromatic carbocycles. The van der Waals surface area contributed by atoms with E-state index in [2.05, 4.69) is 26.1 Å². The van der Waals surface area contributed by atoms with Crippen molar-refractivity contribution >= 4 is 17.7 Å². The summed E-state index contributed by atoms with van der Waals surface area (Å²) in [5.41, 5.74) is 0.248. The molecule has 1 aliphatic rings. The lowest BCUT2D eigenvalue weighted by Gasteiger charge is -2.22. The average molecular weight is 259 g/mol. The van der Waals surface area contributed by atoms with Gasteiger partial charge in [0.1, 0.15) is 0 Å². The predicted molar refractivity (Wildman–Crippen MR) is 73.4 cm³/mol. The highest BCUT2D eigenvalue weighted by atomic mass is 32.2. The average Bonchev–Trinajstić information content (AvgIpc) is 3.06. The van der Waals surface area contributed by atoms with Gasteiger partial charge in [-0.2, -0.15) is 11.8 Å². The number of esters is 1. The maximum absolute atomic E-state index is 11.3. The Labute approximate surface area is 109 Å². The van der Waals surface area contributed by atoms with Crippen LogP contribution in [0.1, 0.15) is 40.0 Å². The Hall–Kier alpha value is -0.220. The summed E-state index contributed by atoms with van der Waals surface area (Å²) in [5.74, 6) is 1.02. The molecule has 1 aliphatic carbocycles. The third-order valence-electron chi connectivity index (χ3n) is 3.59. The van der Waals surface area contributed by atoms with Crippen LogP contribution in [-0.4, -0.2) is 36.7 Å². The molecule has 0 aliphatic heterocycles. The molecule has 1 saturated carbocycles. The molecule has 3 nitrogen and oxygen atoms in total. The molecule has 4 heteroatoms. The van der Waals surface area contributed by atoms with E-state index in [1.165, 1.54) is 20.0 Å². The number of thioether (sulfide) groups is 1. The maximum atomic E-state index is 11.3. The highest BCUT2D eigenvalue weighted by Gasteiger charge is 2.44. The van der Waals surface area contributed by atoms with Gasteiger partial charge in [-0.25, -0.2) is 0 Å². The van der Waals surface area contributed by atoms with Gasteiger partial charge in [0.25, 0.3) is 0 Å². The van der Waals surface area contributed by atoms with E-state index in [0.717, 1.165) is 12.3 Å². The molecular weight excluding hydrogens is 234 g/mol. The van der Waals surface area contributed by atoms with Crippen LogP contribution in [0, 0.1) is 5.41 Å². The molecule has 1 rings (SSSR count). The summed E-state index contributed by atoms with van der Waals surface area (Å²) in [4.78, 5) is 11.3. The largest absolute Gasteiger partial charge is 0.469 e. The van der Waals surface area contributed by atoms with E-state index in [4.69, 9.17) is 4.74 Å². The van der Waals surface area contributed by atoms with Crippen LogP contribution in [0.2, 0.25) is 0 Å². The standard InChI is InChI=1S/C13H25NO2S/c1-5-14-10(2)11(3)17-9-13(6-7-13)8-12(15)16-4/h10-11,14H,5-9H2,1-4H3. The molecule has 0 heterocycles. The van der Waals surface area contributed by atoms with Crippen LogP contribution in [0.4, 0.5) is 0 Å². The number of ether oxygens (including phenoxy) is 1. The zero-order valence-electron chi connectivity index (χ0n) is 11.4. The fraction of sp³-hybridized carbons (Fsp3) is 0.923. The van der Waals surface area contributed by atoms with Crippen molar-refractivity contribution in [3.63, 3.8) is 0 Å². The summed E-state index contributed by atoms with van der Waals surface area (Å²) in [6.45, 7) is 7.63. The Bertz CT molecular complexity index is 254. The molecule has 2 unspecified atom stereocenters. The zero-order chi connectivity index (χ0) is 12.9. The second kappa shape index (κ2) is 6.64. The van der Waals surface area contributed by atoms with Gasteiger partial charge in [0, 0.05) is 11.3 Å². The molecule has 2 atom stereocenters. The van der Waals surface area contributed by atoms with Gasteiger partial charge in [-0.3, -0.25) is 4.79 Å². The first kappa shape index (κ1) is 14.8. The lowest BCUT2D eigenvalue weighted by molar-refractivity contribution is -0.141. The number of hydrogen-bond donors (Lipinski definition) is 1. The second-order valence-corrected chi connectivity index (χ2v) is 6.48. The molecule has 1 N–H and O–H groups in total. The van der Waals surface area contributed by atoms with Crippen molar-refractivity contribution in [2.45, 2.75) is 51.3 Å². The molecule has 0 aromatic heterocycles. The highest BCUT2D eigenvalue weighted by Crippen LogP contribution is 2.51. The van der Waals surface area contributed by atoms with E-state index >= 15 is 0 Å². The minimum absolute atomic E-state index is 0.0597. The van der Waals surface area contributed by atoms with Gasteiger partial charge in [0.15, 0.2) is 0 Å². The van der Waals surface area contributed by atoms with Gasteiger partial charge in [0.2, 0.25) is 0 Å². The van der Waals surface area contributed by atoms with Crippen molar-refractivity contribution in [2.24, 2.45) is 5.41 Å². The van der Waals surface area contributed by atoms with E-state index in [9.17, 15) is 4.79 Å². The van der Waals surface area contributed by atoms with Gasteiger partial charge in [-0.1, -0.05) is 13.8 Å². The van der Waals surface area contributed by atoms with Crippen LogP contribution in [0.3, 0.4) is 0 Å². The third kappa shape index (κ3) is 4.88. The van der Waals surface area contributed by atoms with Crippen molar-refractivity contribution < 1.29 is 9.53 Å². The fourth-order valence-electron chi connectivity index (χ4n) is 1.87. The van der Waals surface area contributed by atoms with Crippen LogP contribution >= 0.6 is 11.8 Å². The van der Waals surface area contributed by atoms with Crippen LogP contribution in [0.5, 0.6) is 0 Å². The molecule has 0 saturated heterocycles. The number of rotatable bonds is 8. The molecule has 0 bridgehead atoms. The summed E-state index contributed by atoms with van der Waals surface area (Å²) < 4.78 is 4.76. The van der Waals surface area contributed by atoms with Crippen molar-refractivity contribution in [1.82, 2.24) is 5.32 Å². The van der Waals surface area contributed by atoms with Crippen LogP contribution < -0.4 is 5.32 Å². The van der Waals surface area contributed by atoms with E-state index < -0.39 is 0 Å². The summed E-state index contributed by atoms with van der Waals surface area (Å²) in [5, 5.41) is 4.03. The number of carbonyl (C=O) groups is 1. The smallest absolute Gasteiger partial charge is 0.306 e. The van der Waals surface area contributed by atoms with Crippen molar-refractivity contribution in [2.75, 3.05) is 19.4 Å². The Kier molecular flexibility index (Phi) is 5.80. The lowest BCUT2D eigenvalue weighted by atomic mass is 10.1. The zero-order valence-corrected chi connectivity index (χ0v) is 12.2. The monoisotopic (exact) mass is 259 g/mol. The number of carbonyl (C=O) groups excluding carboxylic acids is 1. The molecule has 0 amide bonds. The van der Waals surface area contributed by atoms with E-state index in [1.807, 2.05) is 11.8 Å². The summed E-state index contributed by atoms with van der Waals surface area (Å²) in [7, 11) is 1.47. The van der Waals surface area contributed by atoms with Crippen molar-refractivity contribution in [1.29, 1.82) is 0 Å². The Balaban J connectivity index is 2.27. The van der Waals surface area contributed by atoms with Gasteiger partial charge in [-0.05, 0) is 37.5 Å². The van der Waals surface area contributed by atoms with Gasteiger partial charge in [0.05, 0.1) is 13.5 Å².